The molecule has 0 bridgehead atoms. The number of rotatable bonds is 3. The number of anilines is 1. The van der Waals surface area contributed by atoms with E-state index in [1.807, 2.05) is 0 Å². The van der Waals surface area contributed by atoms with Crippen LogP contribution in [0.3, 0.4) is 0 Å². The number of nitrogens with zero attached hydrogens (tertiary/aromatic N) is 3. The lowest BCUT2D eigenvalue weighted by molar-refractivity contribution is -0.275. The SMILES string of the molecule is N#CC(C#N)=C(C#N)Nc1cccc(OC(F)(F)F)c1F. The molecule has 9 heteroatoms. The predicted molar refractivity (Wildman–Crippen MR) is 60.6 cm³/mol. The normalized spacial score (nSPS) is 9.76. The minimum atomic E-state index is -5.09. The maximum Gasteiger partial charge on any atom is 0.573 e. The molecule has 0 saturated heterocycles. The Morgan fingerprint density at radius 1 is 1.10 bits per heavy atom. The third kappa shape index (κ3) is 4.12. The van der Waals surface area contributed by atoms with Gasteiger partial charge in [-0.05, 0) is 12.1 Å². The number of halogens is 4. The van der Waals surface area contributed by atoms with Crippen molar-refractivity contribution in [2.24, 2.45) is 0 Å². The van der Waals surface area contributed by atoms with Gasteiger partial charge < -0.3 is 10.1 Å². The molecule has 0 fully saturated rings. The highest BCUT2D eigenvalue weighted by molar-refractivity contribution is 5.60. The van der Waals surface area contributed by atoms with Crippen molar-refractivity contribution in [2.75, 3.05) is 5.32 Å². The van der Waals surface area contributed by atoms with E-state index in [0.717, 1.165) is 18.2 Å². The Balaban J connectivity index is 3.21. The second-order valence-electron chi connectivity index (χ2n) is 3.38. The molecule has 0 radical (unpaired) electrons. The average molecular weight is 296 g/mol. The second-order valence-corrected chi connectivity index (χ2v) is 3.38. The van der Waals surface area contributed by atoms with Crippen LogP contribution in [0.25, 0.3) is 0 Å². The van der Waals surface area contributed by atoms with E-state index in [1.54, 1.807) is 0 Å². The molecule has 1 N–H and O–H groups in total. The van der Waals surface area contributed by atoms with Crippen molar-refractivity contribution in [2.45, 2.75) is 6.36 Å². The summed E-state index contributed by atoms with van der Waals surface area (Å²) in [5.41, 5.74) is -1.78. The summed E-state index contributed by atoms with van der Waals surface area (Å²) in [7, 11) is 0. The smallest absolute Gasteiger partial charge is 0.403 e. The van der Waals surface area contributed by atoms with Gasteiger partial charge in [0.25, 0.3) is 0 Å². The summed E-state index contributed by atoms with van der Waals surface area (Å²) in [6.07, 6.45) is -5.09. The third-order valence-electron chi connectivity index (χ3n) is 2.03. The van der Waals surface area contributed by atoms with Crippen molar-refractivity contribution < 1.29 is 22.3 Å². The molecule has 0 spiro atoms. The molecule has 1 aromatic carbocycles. The Kier molecular flexibility index (Phi) is 4.72. The van der Waals surface area contributed by atoms with E-state index in [4.69, 9.17) is 15.8 Å². The van der Waals surface area contributed by atoms with Crippen molar-refractivity contribution in [1.82, 2.24) is 0 Å². The van der Waals surface area contributed by atoms with Crippen LogP contribution in [0.1, 0.15) is 0 Å². The van der Waals surface area contributed by atoms with E-state index in [2.05, 4.69) is 10.1 Å². The van der Waals surface area contributed by atoms with Crippen molar-refractivity contribution in [1.29, 1.82) is 15.8 Å². The maximum absolute atomic E-state index is 13.8. The van der Waals surface area contributed by atoms with E-state index >= 15 is 0 Å². The molecule has 1 aromatic rings. The second kappa shape index (κ2) is 6.27. The number of ether oxygens (including phenoxy) is 1. The summed E-state index contributed by atoms with van der Waals surface area (Å²) >= 11 is 0. The van der Waals surface area contributed by atoms with Gasteiger partial charge in [0, 0.05) is 0 Å². The van der Waals surface area contributed by atoms with Crippen molar-refractivity contribution in [3.63, 3.8) is 0 Å². The molecular formula is C12H4F4N4O. The van der Waals surface area contributed by atoms with E-state index in [0.29, 0.717) is 0 Å². The lowest BCUT2D eigenvalue weighted by Crippen LogP contribution is -2.18. The lowest BCUT2D eigenvalue weighted by atomic mass is 10.2. The van der Waals surface area contributed by atoms with Gasteiger partial charge >= 0.3 is 6.36 Å². The molecule has 0 heterocycles. The fourth-order valence-electron chi connectivity index (χ4n) is 1.23. The summed E-state index contributed by atoms with van der Waals surface area (Å²) < 4.78 is 53.4. The monoisotopic (exact) mass is 296 g/mol. The fourth-order valence-corrected chi connectivity index (χ4v) is 1.23. The van der Waals surface area contributed by atoms with Gasteiger partial charge in [0.15, 0.2) is 17.1 Å². The zero-order valence-corrected chi connectivity index (χ0v) is 9.99. The first-order chi connectivity index (χ1) is 9.82. The molecule has 5 nitrogen and oxygen atoms in total. The largest absolute Gasteiger partial charge is 0.573 e. The number of allylic oxidation sites excluding steroid dienone is 2. The standard InChI is InChI=1S/C12H4F4N4O/c13-11-8(20-9(6-19)7(4-17)5-18)2-1-3-10(11)21-12(14,15)16/h1-3,20H. The molecule has 0 saturated carbocycles. The van der Waals surface area contributed by atoms with Gasteiger partial charge in [0.1, 0.15) is 23.9 Å². The summed E-state index contributed by atoms with van der Waals surface area (Å²) in [4.78, 5) is 0. The molecule has 0 amide bonds. The van der Waals surface area contributed by atoms with Crippen LogP contribution in [0.4, 0.5) is 23.2 Å². The topological polar surface area (TPSA) is 92.6 Å². The van der Waals surface area contributed by atoms with Gasteiger partial charge in [-0.25, -0.2) is 4.39 Å². The van der Waals surface area contributed by atoms with Crippen LogP contribution < -0.4 is 10.1 Å². The number of benzene rings is 1. The quantitative estimate of drug-likeness (QED) is 0.683. The number of alkyl halides is 3. The Bertz CT molecular complexity index is 688. The first kappa shape index (κ1) is 15.8. The molecule has 21 heavy (non-hydrogen) atoms. The molecule has 0 aromatic heterocycles. The lowest BCUT2D eigenvalue weighted by Gasteiger charge is -2.12. The van der Waals surface area contributed by atoms with Crippen LogP contribution in [-0.4, -0.2) is 6.36 Å². The summed E-state index contributed by atoms with van der Waals surface area (Å²) in [5.74, 6) is -2.53. The molecule has 0 aliphatic rings. The van der Waals surface area contributed by atoms with Gasteiger partial charge in [0.2, 0.25) is 0 Å². The molecule has 0 aliphatic heterocycles. The molecule has 1 rings (SSSR count). The van der Waals surface area contributed by atoms with E-state index in [9.17, 15) is 17.6 Å². The first-order valence-corrected chi connectivity index (χ1v) is 5.08. The summed E-state index contributed by atoms with van der Waals surface area (Å²) in [6.45, 7) is 0. The zero-order chi connectivity index (χ0) is 16.0. The average Bonchev–Trinajstić information content (AvgIpc) is 2.41. The minimum absolute atomic E-state index is 0.545. The van der Waals surface area contributed by atoms with Crippen LogP contribution in [0.2, 0.25) is 0 Å². The minimum Gasteiger partial charge on any atom is -0.403 e. The molecule has 0 atom stereocenters. The van der Waals surface area contributed by atoms with Gasteiger partial charge in [-0.1, -0.05) is 6.07 Å². The number of hydrogen-bond donors (Lipinski definition) is 1. The Labute approximate surface area is 115 Å². The van der Waals surface area contributed by atoms with E-state index in [-0.39, 0.29) is 0 Å². The van der Waals surface area contributed by atoms with Gasteiger partial charge in [0.05, 0.1) is 5.69 Å². The fraction of sp³-hybridized carbons (Fsp3) is 0.0833. The van der Waals surface area contributed by atoms with Crippen molar-refractivity contribution in [3.05, 3.63) is 35.3 Å². The van der Waals surface area contributed by atoms with Gasteiger partial charge in [-0.15, -0.1) is 13.2 Å². The van der Waals surface area contributed by atoms with Crippen LogP contribution >= 0.6 is 0 Å². The molecule has 0 unspecified atom stereocenters. The van der Waals surface area contributed by atoms with Gasteiger partial charge in [-0.2, -0.15) is 15.8 Å². The highest BCUT2D eigenvalue weighted by Crippen LogP contribution is 2.30. The highest BCUT2D eigenvalue weighted by atomic mass is 19.4. The Hall–Kier alpha value is -3.25. The maximum atomic E-state index is 13.8. The summed E-state index contributed by atoms with van der Waals surface area (Å²) in [6, 6.07) is 7.02. The van der Waals surface area contributed by atoms with Crippen LogP contribution in [0, 0.1) is 39.8 Å². The number of nitriles is 3. The predicted octanol–water partition coefficient (Wildman–Crippen LogP) is 2.96. The highest BCUT2D eigenvalue weighted by Gasteiger charge is 2.32. The molecule has 0 aliphatic carbocycles. The first-order valence-electron chi connectivity index (χ1n) is 5.08. The zero-order valence-electron chi connectivity index (χ0n) is 9.99. The van der Waals surface area contributed by atoms with E-state index in [1.165, 1.54) is 18.2 Å². The van der Waals surface area contributed by atoms with Crippen molar-refractivity contribution in [3.8, 4) is 24.0 Å². The Morgan fingerprint density at radius 2 is 1.71 bits per heavy atom. The van der Waals surface area contributed by atoms with Crippen LogP contribution in [0.5, 0.6) is 5.75 Å². The number of nitrogens with one attached hydrogen (secondary N) is 1. The van der Waals surface area contributed by atoms with Crippen molar-refractivity contribution >= 4 is 5.69 Å². The Morgan fingerprint density at radius 3 is 2.19 bits per heavy atom. The number of hydrogen-bond acceptors (Lipinski definition) is 5. The summed E-state index contributed by atoms with van der Waals surface area (Å²) in [5, 5.41) is 28.0. The van der Waals surface area contributed by atoms with Gasteiger partial charge in [-0.3, -0.25) is 0 Å². The third-order valence-corrected chi connectivity index (χ3v) is 2.03. The molecular weight excluding hydrogens is 292 g/mol. The molecule has 106 valence electrons. The van der Waals surface area contributed by atoms with E-state index < -0.39 is 34.9 Å². The van der Waals surface area contributed by atoms with Crippen LogP contribution in [0.15, 0.2) is 29.5 Å². The van der Waals surface area contributed by atoms with Crippen LogP contribution in [-0.2, 0) is 0 Å².